The fraction of sp³-hybridized carbons (Fsp3) is 0. The van der Waals surface area contributed by atoms with E-state index in [-0.39, 0.29) is 0 Å². The molecule has 3 nitrogen and oxygen atoms in total. The van der Waals surface area contributed by atoms with Crippen LogP contribution < -0.4 is 0 Å². The number of benzene rings is 9. The number of nitrogens with zero attached hydrogens (tertiary/aromatic N) is 2. The number of furan rings is 1. The average Bonchev–Trinajstić information content (AvgIpc) is 3.94. The Morgan fingerprint density at radius 1 is 0.316 bits per heavy atom. The third kappa shape index (κ3) is 4.86. The Morgan fingerprint density at radius 2 is 0.895 bits per heavy atom. The molecule has 0 N–H and O–H groups in total. The Kier molecular flexibility index (Phi) is 6.93. The van der Waals surface area contributed by atoms with Gasteiger partial charge < -0.3 is 13.6 Å². The first kappa shape index (κ1) is 31.7. The zero-order valence-corrected chi connectivity index (χ0v) is 30.9. The van der Waals surface area contributed by atoms with Gasteiger partial charge in [-0.05, 0) is 94.5 Å². The number of aromatic nitrogens is 2. The third-order valence-electron chi connectivity index (χ3n) is 11.7. The van der Waals surface area contributed by atoms with Gasteiger partial charge in [0.2, 0.25) is 0 Å². The van der Waals surface area contributed by atoms with Crippen LogP contribution >= 0.6 is 0 Å². The second-order valence-electron chi connectivity index (χ2n) is 14.9. The molecular formula is C54H34N2O. The molecule has 0 aliphatic carbocycles. The van der Waals surface area contributed by atoms with E-state index >= 15 is 0 Å². The molecule has 12 rings (SSSR count). The lowest BCUT2D eigenvalue weighted by Crippen LogP contribution is -1.96. The van der Waals surface area contributed by atoms with Gasteiger partial charge in [0.1, 0.15) is 11.2 Å². The Bertz CT molecular complexity index is 3510. The molecule has 0 bridgehead atoms. The monoisotopic (exact) mass is 726 g/mol. The summed E-state index contributed by atoms with van der Waals surface area (Å²) in [6.07, 6.45) is 0. The van der Waals surface area contributed by atoms with Gasteiger partial charge in [-0.2, -0.15) is 0 Å². The van der Waals surface area contributed by atoms with E-state index in [1.54, 1.807) is 0 Å². The highest BCUT2D eigenvalue weighted by Gasteiger charge is 2.21. The third-order valence-corrected chi connectivity index (χ3v) is 11.7. The molecule has 0 saturated heterocycles. The molecule has 0 spiro atoms. The molecule has 12 aromatic rings. The summed E-state index contributed by atoms with van der Waals surface area (Å²) >= 11 is 0. The van der Waals surface area contributed by atoms with Crippen LogP contribution in [0.4, 0.5) is 0 Å². The molecular weight excluding hydrogens is 693 g/mol. The summed E-state index contributed by atoms with van der Waals surface area (Å²) in [6, 6.07) is 74.3. The lowest BCUT2D eigenvalue weighted by atomic mass is 9.97. The van der Waals surface area contributed by atoms with E-state index in [1.807, 2.05) is 0 Å². The number of rotatable bonds is 5. The van der Waals surface area contributed by atoms with Gasteiger partial charge >= 0.3 is 0 Å². The molecule has 0 amide bonds. The fourth-order valence-corrected chi connectivity index (χ4v) is 9.14. The maximum absolute atomic E-state index is 6.83. The van der Waals surface area contributed by atoms with E-state index in [1.165, 1.54) is 54.8 Å². The quantitative estimate of drug-likeness (QED) is 0.173. The molecule has 0 aliphatic heterocycles. The van der Waals surface area contributed by atoms with E-state index < -0.39 is 0 Å². The zero-order chi connectivity index (χ0) is 37.5. The standard InChI is InChI=1S/C54H34N2O/c1-3-14-35(15-4-1)36-16-13-17-39(32-36)41-29-31-50(53-45-22-9-12-25-52(45)57-54(41)53)56-48-24-11-7-20-42(48)44-28-26-38(34-51(44)56)37-27-30-49-46(33-37)43-21-8-10-23-47(43)55(49)40-18-5-2-6-19-40/h1-34H. The van der Waals surface area contributed by atoms with Crippen molar-refractivity contribution in [1.82, 2.24) is 9.13 Å². The molecule has 3 heterocycles. The Labute approximate surface area is 328 Å². The number of hydrogen-bond acceptors (Lipinski definition) is 1. The Balaban J connectivity index is 1.09. The van der Waals surface area contributed by atoms with Crippen molar-refractivity contribution in [1.29, 1.82) is 0 Å². The number of fused-ring (bicyclic) bond motifs is 9. The summed E-state index contributed by atoms with van der Waals surface area (Å²) in [7, 11) is 0. The summed E-state index contributed by atoms with van der Waals surface area (Å²) < 4.78 is 11.7. The predicted molar refractivity (Wildman–Crippen MR) is 239 cm³/mol. The largest absolute Gasteiger partial charge is 0.455 e. The highest BCUT2D eigenvalue weighted by molar-refractivity contribution is 6.17. The van der Waals surface area contributed by atoms with Crippen LogP contribution in [0, 0.1) is 0 Å². The van der Waals surface area contributed by atoms with Crippen LogP contribution in [0.25, 0.3) is 110 Å². The molecule has 0 fully saturated rings. The van der Waals surface area contributed by atoms with E-state index in [0.29, 0.717) is 0 Å². The van der Waals surface area contributed by atoms with Crippen molar-refractivity contribution in [3.8, 4) is 44.8 Å². The first-order chi connectivity index (χ1) is 28.3. The SMILES string of the molecule is c1ccc(-c2cccc(-c3ccc(-n4c5ccccc5c5ccc(-c6ccc7c(c6)c6ccccc6n7-c6ccccc6)cc54)c4c3oc3ccccc34)c2)cc1. The van der Waals surface area contributed by atoms with Crippen LogP contribution in [0.3, 0.4) is 0 Å². The van der Waals surface area contributed by atoms with Crippen LogP contribution in [-0.2, 0) is 0 Å². The second kappa shape index (κ2) is 12.5. The molecule has 0 aliphatic rings. The van der Waals surface area contributed by atoms with Gasteiger partial charge in [-0.25, -0.2) is 0 Å². The van der Waals surface area contributed by atoms with Crippen LogP contribution in [0.5, 0.6) is 0 Å². The van der Waals surface area contributed by atoms with Crippen molar-refractivity contribution in [2.75, 3.05) is 0 Å². The molecule has 266 valence electrons. The summed E-state index contributed by atoms with van der Waals surface area (Å²) in [5, 5.41) is 7.14. The number of para-hydroxylation sites is 4. The maximum Gasteiger partial charge on any atom is 0.145 e. The van der Waals surface area contributed by atoms with Gasteiger partial charge in [0.25, 0.3) is 0 Å². The van der Waals surface area contributed by atoms with Gasteiger partial charge in [-0.1, -0.05) is 140 Å². The van der Waals surface area contributed by atoms with Crippen molar-refractivity contribution in [2.45, 2.75) is 0 Å². The molecule has 3 heteroatoms. The lowest BCUT2D eigenvalue weighted by Gasteiger charge is -2.13. The highest BCUT2D eigenvalue weighted by Crippen LogP contribution is 2.44. The molecule has 9 aromatic carbocycles. The normalized spacial score (nSPS) is 11.9. The minimum Gasteiger partial charge on any atom is -0.455 e. The minimum atomic E-state index is 0.879. The van der Waals surface area contributed by atoms with Crippen molar-refractivity contribution in [3.63, 3.8) is 0 Å². The first-order valence-corrected chi connectivity index (χ1v) is 19.5. The molecule has 0 radical (unpaired) electrons. The Morgan fingerprint density at radius 3 is 1.72 bits per heavy atom. The predicted octanol–water partition coefficient (Wildman–Crippen LogP) is 14.8. The van der Waals surface area contributed by atoms with Gasteiger partial charge in [0.05, 0.1) is 33.1 Å². The van der Waals surface area contributed by atoms with Gasteiger partial charge in [-0.15, -0.1) is 0 Å². The summed E-state index contributed by atoms with van der Waals surface area (Å²) in [6.45, 7) is 0. The maximum atomic E-state index is 6.83. The molecule has 0 atom stereocenters. The zero-order valence-electron chi connectivity index (χ0n) is 30.9. The summed E-state index contributed by atoms with van der Waals surface area (Å²) in [5.41, 5.74) is 15.7. The fourth-order valence-electron chi connectivity index (χ4n) is 9.14. The smallest absolute Gasteiger partial charge is 0.145 e. The van der Waals surface area contributed by atoms with Crippen LogP contribution in [0.2, 0.25) is 0 Å². The topological polar surface area (TPSA) is 23.0 Å². The van der Waals surface area contributed by atoms with Crippen molar-refractivity contribution < 1.29 is 4.42 Å². The van der Waals surface area contributed by atoms with Crippen molar-refractivity contribution >= 4 is 65.6 Å². The van der Waals surface area contributed by atoms with Crippen LogP contribution in [-0.4, -0.2) is 9.13 Å². The second-order valence-corrected chi connectivity index (χ2v) is 14.9. The number of hydrogen-bond donors (Lipinski definition) is 0. The molecule has 0 saturated carbocycles. The van der Waals surface area contributed by atoms with Gasteiger partial charge in [0.15, 0.2) is 0 Å². The van der Waals surface area contributed by atoms with E-state index in [9.17, 15) is 0 Å². The molecule has 3 aromatic heterocycles. The molecule has 57 heavy (non-hydrogen) atoms. The summed E-state index contributed by atoms with van der Waals surface area (Å²) in [4.78, 5) is 0. The highest BCUT2D eigenvalue weighted by atomic mass is 16.3. The minimum absolute atomic E-state index is 0.879. The first-order valence-electron chi connectivity index (χ1n) is 19.5. The van der Waals surface area contributed by atoms with E-state index in [0.717, 1.165) is 55.5 Å². The van der Waals surface area contributed by atoms with Crippen molar-refractivity contribution in [2.24, 2.45) is 0 Å². The van der Waals surface area contributed by atoms with E-state index in [2.05, 4.69) is 215 Å². The molecule has 0 unspecified atom stereocenters. The van der Waals surface area contributed by atoms with Crippen LogP contribution in [0.15, 0.2) is 211 Å². The van der Waals surface area contributed by atoms with Gasteiger partial charge in [-0.3, -0.25) is 0 Å². The average molecular weight is 727 g/mol. The van der Waals surface area contributed by atoms with Crippen LogP contribution in [0.1, 0.15) is 0 Å². The van der Waals surface area contributed by atoms with E-state index in [4.69, 9.17) is 4.42 Å². The van der Waals surface area contributed by atoms with Gasteiger partial charge in [0, 0.05) is 38.2 Å². The van der Waals surface area contributed by atoms with Crippen molar-refractivity contribution in [3.05, 3.63) is 206 Å². The lowest BCUT2D eigenvalue weighted by molar-refractivity contribution is 0.670. The summed E-state index contributed by atoms with van der Waals surface area (Å²) in [5.74, 6) is 0. The Hall–Kier alpha value is -7.62.